The van der Waals surface area contributed by atoms with Crippen LogP contribution >= 0.6 is 10.8 Å². The summed E-state index contributed by atoms with van der Waals surface area (Å²) in [7, 11) is 0.450. The minimum Gasteiger partial charge on any atom is -0.373 e. The Balaban J connectivity index is 1.87. The zero-order chi connectivity index (χ0) is 20.1. The molecule has 0 aliphatic heterocycles. The van der Waals surface area contributed by atoms with E-state index in [-0.39, 0.29) is 5.75 Å². The summed E-state index contributed by atoms with van der Waals surface area (Å²) in [6, 6.07) is 16.4. The average molecular weight is 416 g/mol. The molecule has 0 aliphatic carbocycles. The van der Waals surface area contributed by atoms with Gasteiger partial charge in [-0.15, -0.1) is 0 Å². The molecule has 0 saturated heterocycles. The van der Waals surface area contributed by atoms with Gasteiger partial charge in [-0.05, 0) is 33.4 Å². The predicted molar refractivity (Wildman–Crippen MR) is 118 cm³/mol. The van der Waals surface area contributed by atoms with Gasteiger partial charge in [0.25, 0.3) is 0 Å². The lowest BCUT2D eigenvalue weighted by atomic mass is 10.0. The fraction of sp³-hybridized carbons (Fsp3) is 0.190. The smallest absolute Gasteiger partial charge is 0.319 e. The molecule has 3 aromatic rings. The van der Waals surface area contributed by atoms with E-state index < -0.39 is 9.15 Å². The minimum atomic E-state index is -4.01. The van der Waals surface area contributed by atoms with Gasteiger partial charge >= 0.3 is 9.15 Å². The Morgan fingerprint density at radius 3 is 2.39 bits per heavy atom. The normalized spacial score (nSPS) is 12.0. The zero-order valence-electron chi connectivity index (χ0n) is 15.8. The van der Waals surface area contributed by atoms with Crippen molar-refractivity contribution < 1.29 is 17.5 Å². The first-order valence-electron chi connectivity index (χ1n) is 8.81. The lowest BCUT2D eigenvalue weighted by Gasteiger charge is -2.21. The zero-order valence-corrected chi connectivity index (χ0v) is 17.5. The van der Waals surface area contributed by atoms with Gasteiger partial charge in [-0.1, -0.05) is 42.5 Å². The second-order valence-corrected chi connectivity index (χ2v) is 9.99. The van der Waals surface area contributed by atoms with E-state index in [1.807, 2.05) is 54.2 Å². The van der Waals surface area contributed by atoms with Crippen LogP contribution in [0.2, 0.25) is 0 Å². The van der Waals surface area contributed by atoms with Gasteiger partial charge in [0.1, 0.15) is 7.05 Å². The van der Waals surface area contributed by atoms with Crippen LogP contribution in [0.4, 0.5) is 5.69 Å². The Morgan fingerprint density at radius 1 is 1.04 bits per heavy atom. The number of aryl methyl sites for hydroxylation is 1. The molecule has 3 rings (SSSR count). The van der Waals surface area contributed by atoms with Crippen molar-refractivity contribution in [2.24, 2.45) is 7.05 Å². The Bertz CT molecular complexity index is 1090. The number of rotatable bonds is 7. The predicted octanol–water partition coefficient (Wildman–Crippen LogP) is 3.81. The summed E-state index contributed by atoms with van der Waals surface area (Å²) >= 11 is 0. The second kappa shape index (κ2) is 8.77. The lowest BCUT2D eigenvalue weighted by molar-refractivity contribution is -0.671. The highest BCUT2D eigenvalue weighted by Gasteiger charge is 2.10. The van der Waals surface area contributed by atoms with Gasteiger partial charge in [-0.3, -0.25) is 4.55 Å². The maximum Gasteiger partial charge on any atom is 0.319 e. The van der Waals surface area contributed by atoms with Gasteiger partial charge in [0.2, 0.25) is 0 Å². The van der Waals surface area contributed by atoms with Crippen molar-refractivity contribution in [3.05, 3.63) is 72.1 Å². The van der Waals surface area contributed by atoms with E-state index in [1.54, 1.807) is 0 Å². The SMILES string of the molecule is CN(CCSS(=O)(=O)O)c1ccc(/C=C/c2cc[n+](C)cc2)c2ccccc12. The van der Waals surface area contributed by atoms with Crippen molar-refractivity contribution in [1.82, 2.24) is 0 Å². The van der Waals surface area contributed by atoms with Crippen LogP contribution in [0.3, 0.4) is 0 Å². The molecule has 0 radical (unpaired) electrons. The molecule has 0 amide bonds. The average Bonchev–Trinajstić information content (AvgIpc) is 2.66. The van der Waals surface area contributed by atoms with Gasteiger partial charge < -0.3 is 4.90 Å². The molecule has 0 fully saturated rings. The number of nitrogens with zero attached hydrogens (tertiary/aromatic N) is 2. The molecule has 1 heterocycles. The van der Waals surface area contributed by atoms with Crippen molar-refractivity contribution in [3.63, 3.8) is 0 Å². The molecule has 2 aromatic carbocycles. The number of hydrogen-bond acceptors (Lipinski definition) is 4. The molecule has 28 heavy (non-hydrogen) atoms. The highest BCUT2D eigenvalue weighted by Crippen LogP contribution is 2.30. The van der Waals surface area contributed by atoms with Crippen LogP contribution in [-0.2, 0) is 16.2 Å². The van der Waals surface area contributed by atoms with Crippen molar-refractivity contribution in [2.75, 3.05) is 24.2 Å². The molecule has 1 N–H and O–H groups in total. The maximum absolute atomic E-state index is 10.9. The highest BCUT2D eigenvalue weighted by atomic mass is 33.1. The molecule has 0 bridgehead atoms. The van der Waals surface area contributed by atoms with Crippen LogP contribution in [-0.4, -0.2) is 32.3 Å². The summed E-state index contributed by atoms with van der Waals surface area (Å²) in [6.45, 7) is 0.505. The monoisotopic (exact) mass is 415 g/mol. The molecule has 1 aromatic heterocycles. The first-order chi connectivity index (χ1) is 13.3. The van der Waals surface area contributed by atoms with Crippen molar-refractivity contribution in [3.8, 4) is 0 Å². The molecule has 0 unspecified atom stereocenters. The Labute approximate surface area is 169 Å². The third kappa shape index (κ3) is 5.34. The van der Waals surface area contributed by atoms with E-state index in [0.717, 1.165) is 27.6 Å². The van der Waals surface area contributed by atoms with Gasteiger partial charge in [-0.2, -0.15) is 8.42 Å². The molecule has 146 valence electrons. The summed E-state index contributed by atoms with van der Waals surface area (Å²) in [6.07, 6.45) is 8.23. The highest BCUT2D eigenvalue weighted by molar-refractivity contribution is 8.69. The molecule has 7 heteroatoms. The molecule has 0 atom stereocenters. The summed E-state index contributed by atoms with van der Waals surface area (Å²) in [5.41, 5.74) is 3.27. The second-order valence-electron chi connectivity index (χ2n) is 6.52. The number of hydrogen-bond donors (Lipinski definition) is 1. The number of anilines is 1. The first kappa shape index (κ1) is 20.4. The van der Waals surface area contributed by atoms with Gasteiger partial charge in [0.05, 0.1) is 0 Å². The molecule has 0 saturated carbocycles. The van der Waals surface area contributed by atoms with Crippen LogP contribution in [0.15, 0.2) is 60.9 Å². The van der Waals surface area contributed by atoms with Crippen LogP contribution in [0.25, 0.3) is 22.9 Å². The fourth-order valence-corrected chi connectivity index (χ4v) is 4.41. The van der Waals surface area contributed by atoms with Crippen molar-refractivity contribution in [2.45, 2.75) is 0 Å². The van der Waals surface area contributed by atoms with E-state index >= 15 is 0 Å². The Morgan fingerprint density at radius 2 is 1.71 bits per heavy atom. The number of benzene rings is 2. The van der Waals surface area contributed by atoms with E-state index in [9.17, 15) is 8.42 Å². The fourth-order valence-electron chi connectivity index (χ4n) is 2.99. The molecular weight excluding hydrogens is 392 g/mol. The molecule has 0 aliphatic rings. The number of aromatic nitrogens is 1. The van der Waals surface area contributed by atoms with Gasteiger partial charge in [0.15, 0.2) is 12.4 Å². The quantitative estimate of drug-likeness (QED) is 0.361. The number of pyridine rings is 1. The first-order valence-corrected chi connectivity index (χ1v) is 11.8. The van der Waals surface area contributed by atoms with Gasteiger partial charge in [-0.25, -0.2) is 4.57 Å². The third-order valence-electron chi connectivity index (χ3n) is 4.46. The standard InChI is InChI=1S/C21H22N2O3S2/c1-22-13-11-17(12-14-22)7-8-18-9-10-21(20-6-4-3-5-19(18)20)23(2)15-16-27-28(24,25)26/h3-14H,15-16H2,1-2H3/p+1. The van der Waals surface area contributed by atoms with E-state index in [1.165, 1.54) is 0 Å². The van der Waals surface area contributed by atoms with Crippen LogP contribution in [0.1, 0.15) is 11.1 Å². The summed E-state index contributed by atoms with van der Waals surface area (Å²) in [5.74, 6) is 0.288. The van der Waals surface area contributed by atoms with E-state index in [0.29, 0.717) is 17.3 Å². The van der Waals surface area contributed by atoms with Crippen LogP contribution < -0.4 is 9.47 Å². The number of fused-ring (bicyclic) bond motifs is 1. The summed E-state index contributed by atoms with van der Waals surface area (Å²) in [4.78, 5) is 2.01. The van der Waals surface area contributed by atoms with Gasteiger partial charge in [0, 0.05) is 42.6 Å². The Kier molecular flexibility index (Phi) is 6.39. The molecule has 0 spiro atoms. The van der Waals surface area contributed by atoms with Crippen molar-refractivity contribution >= 4 is 48.6 Å². The van der Waals surface area contributed by atoms with E-state index in [2.05, 4.69) is 42.5 Å². The van der Waals surface area contributed by atoms with Crippen LogP contribution in [0.5, 0.6) is 0 Å². The third-order valence-corrected chi connectivity index (χ3v) is 6.51. The largest absolute Gasteiger partial charge is 0.373 e. The van der Waals surface area contributed by atoms with Crippen LogP contribution in [0, 0.1) is 0 Å². The molecule has 5 nitrogen and oxygen atoms in total. The minimum absolute atomic E-state index is 0.288. The Hall–Kier alpha value is -2.35. The van der Waals surface area contributed by atoms with E-state index in [4.69, 9.17) is 4.55 Å². The summed E-state index contributed by atoms with van der Waals surface area (Å²) < 4.78 is 32.7. The lowest BCUT2D eigenvalue weighted by Crippen LogP contribution is -2.25. The summed E-state index contributed by atoms with van der Waals surface area (Å²) in [5, 5.41) is 2.23. The molecular formula is C21H23N2O3S2+. The van der Waals surface area contributed by atoms with Crippen molar-refractivity contribution in [1.29, 1.82) is 0 Å². The topological polar surface area (TPSA) is 61.5 Å². The maximum atomic E-state index is 10.9.